The quantitative estimate of drug-likeness (QED) is 0.709. The van der Waals surface area contributed by atoms with Crippen molar-refractivity contribution in [3.05, 3.63) is 42.5 Å². The number of fused-ring (bicyclic) bond motifs is 1. The zero-order valence-electron chi connectivity index (χ0n) is 12.0. The van der Waals surface area contributed by atoms with Gasteiger partial charge in [-0.2, -0.15) is 0 Å². The number of hydrogen-bond donors (Lipinski definition) is 2. The molecule has 0 aliphatic heterocycles. The van der Waals surface area contributed by atoms with Crippen LogP contribution in [0, 0.1) is 0 Å². The highest BCUT2D eigenvalue weighted by molar-refractivity contribution is 7.99. The molecule has 0 aliphatic carbocycles. The highest BCUT2D eigenvalue weighted by atomic mass is 32.2. The van der Waals surface area contributed by atoms with E-state index in [4.69, 9.17) is 0 Å². The van der Waals surface area contributed by atoms with Gasteiger partial charge in [-0.3, -0.25) is 0 Å². The number of H-pyrrole nitrogens is 1. The second kappa shape index (κ2) is 6.24. The zero-order chi connectivity index (χ0) is 14.7. The van der Waals surface area contributed by atoms with Gasteiger partial charge in [0.05, 0.1) is 6.33 Å². The smallest absolute Gasteiger partial charge is 0.181 e. The van der Waals surface area contributed by atoms with E-state index < -0.39 is 0 Å². The Morgan fingerprint density at radius 3 is 2.71 bits per heavy atom. The molecular weight excluding hydrogens is 282 g/mol. The van der Waals surface area contributed by atoms with Gasteiger partial charge in [-0.15, -0.1) is 0 Å². The molecule has 3 aromatic rings. The topological polar surface area (TPSA) is 66.5 Å². The minimum atomic E-state index is 0.494. The fourth-order valence-corrected chi connectivity index (χ4v) is 2.78. The van der Waals surface area contributed by atoms with Crippen LogP contribution in [0.4, 0.5) is 0 Å². The van der Waals surface area contributed by atoms with Gasteiger partial charge < -0.3 is 10.3 Å². The van der Waals surface area contributed by atoms with Gasteiger partial charge in [-0.1, -0.05) is 37.7 Å². The summed E-state index contributed by atoms with van der Waals surface area (Å²) < 4.78 is 0. The number of aromatic amines is 1. The highest BCUT2D eigenvalue weighted by Gasteiger charge is 2.07. The number of aromatic nitrogens is 4. The number of nitrogens with zero attached hydrogens (tertiary/aromatic N) is 3. The van der Waals surface area contributed by atoms with Gasteiger partial charge in [-0.25, -0.2) is 15.0 Å². The van der Waals surface area contributed by atoms with E-state index in [1.807, 2.05) is 0 Å². The average Bonchev–Trinajstić information content (AvgIpc) is 2.96. The van der Waals surface area contributed by atoms with E-state index in [0.717, 1.165) is 22.0 Å². The Kier molecular flexibility index (Phi) is 4.17. The Bertz CT molecular complexity index is 720. The zero-order valence-corrected chi connectivity index (χ0v) is 12.8. The molecule has 108 valence electrons. The van der Waals surface area contributed by atoms with Crippen molar-refractivity contribution in [2.24, 2.45) is 0 Å². The van der Waals surface area contributed by atoms with Crippen molar-refractivity contribution in [2.45, 2.75) is 36.4 Å². The van der Waals surface area contributed by atoms with Crippen molar-refractivity contribution in [2.75, 3.05) is 0 Å². The summed E-state index contributed by atoms with van der Waals surface area (Å²) in [5.41, 5.74) is 2.86. The van der Waals surface area contributed by atoms with Crippen molar-refractivity contribution < 1.29 is 0 Å². The van der Waals surface area contributed by atoms with E-state index in [1.165, 1.54) is 5.56 Å². The summed E-state index contributed by atoms with van der Waals surface area (Å²) in [6, 6.07) is 9.01. The van der Waals surface area contributed by atoms with E-state index in [-0.39, 0.29) is 0 Å². The molecule has 3 rings (SSSR count). The largest absolute Gasteiger partial charge is 0.341 e. The van der Waals surface area contributed by atoms with E-state index in [0.29, 0.717) is 11.7 Å². The monoisotopic (exact) mass is 299 g/mol. The third-order valence-electron chi connectivity index (χ3n) is 3.04. The molecule has 0 atom stereocenters. The first kappa shape index (κ1) is 14.0. The summed E-state index contributed by atoms with van der Waals surface area (Å²) in [4.78, 5) is 16.8. The number of nitrogens with one attached hydrogen (secondary N) is 2. The average molecular weight is 299 g/mol. The van der Waals surface area contributed by atoms with Crippen molar-refractivity contribution in [3.63, 3.8) is 0 Å². The van der Waals surface area contributed by atoms with E-state index in [1.54, 1.807) is 24.4 Å². The summed E-state index contributed by atoms with van der Waals surface area (Å²) in [5.74, 6) is 0. The molecular formula is C15H17N5S. The maximum atomic E-state index is 4.32. The van der Waals surface area contributed by atoms with E-state index in [2.05, 4.69) is 63.4 Å². The van der Waals surface area contributed by atoms with Gasteiger partial charge in [0.2, 0.25) is 0 Å². The molecule has 2 N–H and O–H groups in total. The van der Waals surface area contributed by atoms with Crippen LogP contribution in [0.2, 0.25) is 0 Å². The molecule has 0 aliphatic rings. The van der Waals surface area contributed by atoms with Crippen LogP contribution in [0.5, 0.6) is 0 Å². The molecule has 5 nitrogen and oxygen atoms in total. The van der Waals surface area contributed by atoms with Crippen LogP contribution >= 0.6 is 11.8 Å². The molecule has 2 aromatic heterocycles. The fraction of sp³-hybridized carbons (Fsp3) is 0.267. The molecule has 21 heavy (non-hydrogen) atoms. The van der Waals surface area contributed by atoms with Gasteiger partial charge in [-0.05, 0) is 17.7 Å². The molecule has 0 radical (unpaired) electrons. The summed E-state index contributed by atoms with van der Waals surface area (Å²) in [6.45, 7) is 5.19. The molecule has 0 unspecified atom stereocenters. The molecule has 0 saturated heterocycles. The highest BCUT2D eigenvalue weighted by Crippen LogP contribution is 2.29. The summed E-state index contributed by atoms with van der Waals surface area (Å²) in [5, 5.41) is 4.30. The second-order valence-corrected chi connectivity index (χ2v) is 6.12. The van der Waals surface area contributed by atoms with Crippen molar-refractivity contribution >= 4 is 22.9 Å². The van der Waals surface area contributed by atoms with Gasteiger partial charge >= 0.3 is 0 Å². The van der Waals surface area contributed by atoms with Crippen LogP contribution < -0.4 is 5.32 Å². The summed E-state index contributed by atoms with van der Waals surface area (Å²) >= 11 is 1.61. The maximum absolute atomic E-state index is 4.32. The molecule has 6 heteroatoms. The van der Waals surface area contributed by atoms with Crippen LogP contribution in [0.15, 0.2) is 46.8 Å². The maximum Gasteiger partial charge on any atom is 0.181 e. The first-order chi connectivity index (χ1) is 10.2. The van der Waals surface area contributed by atoms with Crippen molar-refractivity contribution in [1.29, 1.82) is 0 Å². The van der Waals surface area contributed by atoms with Crippen molar-refractivity contribution in [3.8, 4) is 0 Å². The Hall–Kier alpha value is -1.92. The first-order valence-corrected chi connectivity index (χ1v) is 7.68. The molecule has 0 spiro atoms. The van der Waals surface area contributed by atoms with Crippen LogP contribution in [0.25, 0.3) is 11.2 Å². The van der Waals surface area contributed by atoms with Gasteiger partial charge in [0.25, 0.3) is 0 Å². The molecule has 0 bridgehead atoms. The normalized spacial score (nSPS) is 11.4. The first-order valence-electron chi connectivity index (χ1n) is 6.86. The van der Waals surface area contributed by atoms with E-state index >= 15 is 0 Å². The van der Waals surface area contributed by atoms with E-state index in [9.17, 15) is 0 Å². The van der Waals surface area contributed by atoms with Crippen LogP contribution in [-0.2, 0) is 6.54 Å². The van der Waals surface area contributed by atoms with Crippen LogP contribution in [0.1, 0.15) is 19.4 Å². The Balaban J connectivity index is 1.74. The Morgan fingerprint density at radius 2 is 1.95 bits per heavy atom. The predicted octanol–water partition coefficient (Wildman–Crippen LogP) is 3.00. The summed E-state index contributed by atoms with van der Waals surface area (Å²) in [7, 11) is 0. The molecule has 1 aromatic carbocycles. The lowest BCUT2D eigenvalue weighted by molar-refractivity contribution is 0.588. The molecule has 0 amide bonds. The minimum absolute atomic E-state index is 0.494. The number of hydrogen-bond acceptors (Lipinski definition) is 5. The Morgan fingerprint density at radius 1 is 1.14 bits per heavy atom. The number of imidazole rings is 1. The fourth-order valence-electron chi connectivity index (χ4n) is 1.93. The molecule has 0 saturated carbocycles. The van der Waals surface area contributed by atoms with Crippen LogP contribution in [0.3, 0.4) is 0 Å². The third kappa shape index (κ3) is 3.40. The van der Waals surface area contributed by atoms with Gasteiger partial charge in [0.1, 0.15) is 16.9 Å². The SMILES string of the molecule is CC(C)NCc1ccc(Sc2ncnc3nc[nH]c23)cc1. The van der Waals surface area contributed by atoms with Gasteiger partial charge in [0, 0.05) is 17.5 Å². The summed E-state index contributed by atoms with van der Waals surface area (Å²) in [6.07, 6.45) is 3.19. The van der Waals surface area contributed by atoms with Gasteiger partial charge in [0.15, 0.2) is 5.65 Å². The standard InChI is InChI=1S/C15H17N5S/c1-10(2)16-7-11-3-5-12(6-4-11)21-15-13-14(18-8-17-13)19-9-20-15/h3-6,8-10,16H,7H2,1-2H3,(H,17,18,19,20). The third-order valence-corrected chi connectivity index (χ3v) is 4.05. The minimum Gasteiger partial charge on any atom is -0.341 e. The Labute approximate surface area is 127 Å². The lowest BCUT2D eigenvalue weighted by Crippen LogP contribution is -2.21. The van der Waals surface area contributed by atoms with Crippen molar-refractivity contribution in [1.82, 2.24) is 25.3 Å². The second-order valence-electron chi connectivity index (χ2n) is 5.06. The molecule has 2 heterocycles. The lowest BCUT2D eigenvalue weighted by Gasteiger charge is -2.08. The number of rotatable bonds is 5. The molecule has 0 fully saturated rings. The number of benzene rings is 1. The lowest BCUT2D eigenvalue weighted by atomic mass is 10.2. The predicted molar refractivity (Wildman–Crippen MR) is 84.2 cm³/mol. The van der Waals surface area contributed by atoms with Crippen LogP contribution in [-0.4, -0.2) is 26.0 Å².